The number of imidazole rings is 1. The highest BCUT2D eigenvalue weighted by atomic mass is 19.4. The van der Waals surface area contributed by atoms with E-state index in [9.17, 15) is 35.9 Å². The minimum absolute atomic E-state index is 0.0271. The summed E-state index contributed by atoms with van der Waals surface area (Å²) in [5.74, 6) is -6.62. The lowest BCUT2D eigenvalue weighted by molar-refractivity contribution is -0.148. The van der Waals surface area contributed by atoms with Gasteiger partial charge in [0.1, 0.15) is 12.4 Å². The zero-order valence-corrected chi connectivity index (χ0v) is 22.6. The molecule has 2 aromatic rings. The van der Waals surface area contributed by atoms with Crippen molar-refractivity contribution in [1.29, 1.82) is 0 Å². The number of alkyl halides is 3. The maximum atomic E-state index is 14.0. The number of fused-ring (bicyclic) bond motifs is 1. The van der Waals surface area contributed by atoms with E-state index < -0.39 is 53.1 Å². The van der Waals surface area contributed by atoms with Gasteiger partial charge in [0.25, 0.3) is 0 Å². The fourth-order valence-corrected chi connectivity index (χ4v) is 4.77. The quantitative estimate of drug-likeness (QED) is 0.179. The smallest absolute Gasteiger partial charge is 0.449 e. The molecule has 0 spiro atoms. The summed E-state index contributed by atoms with van der Waals surface area (Å²) in [6, 6.07) is 0.0314. The van der Waals surface area contributed by atoms with Gasteiger partial charge in [0.05, 0.1) is 38.7 Å². The predicted octanol–water partition coefficient (Wildman–Crippen LogP) is 2.13. The van der Waals surface area contributed by atoms with Crippen LogP contribution >= 0.6 is 0 Å². The molecule has 0 saturated carbocycles. The molecule has 2 aliphatic heterocycles. The van der Waals surface area contributed by atoms with Crippen LogP contribution in [0.15, 0.2) is 12.1 Å². The van der Waals surface area contributed by atoms with Crippen LogP contribution in [0.2, 0.25) is 0 Å². The Morgan fingerprint density at radius 1 is 1.00 bits per heavy atom. The highest BCUT2D eigenvalue weighted by Gasteiger charge is 2.42. The van der Waals surface area contributed by atoms with Crippen LogP contribution in [0, 0.1) is 17.5 Å². The molecule has 4 rings (SSSR count). The number of carbonyl (C=O) groups excluding carboxylic acids is 2. The number of nitrogens with two attached hydrogens (primary N) is 1. The molecule has 16 heteroatoms. The first kappa shape index (κ1) is 31.7. The fourth-order valence-electron chi connectivity index (χ4n) is 4.77. The van der Waals surface area contributed by atoms with Crippen molar-refractivity contribution < 1.29 is 50.1 Å². The number of ether oxygens (including phenoxy) is 3. The number of morpholine rings is 1. The molecule has 1 amide bonds. The van der Waals surface area contributed by atoms with Gasteiger partial charge in [-0.3, -0.25) is 9.69 Å². The van der Waals surface area contributed by atoms with Crippen LogP contribution in [-0.2, 0) is 44.7 Å². The molecule has 1 aromatic carbocycles. The number of nitrogens with zero attached hydrogens (tertiary/aromatic N) is 4. The number of rotatable bonds is 11. The van der Waals surface area contributed by atoms with E-state index in [0.29, 0.717) is 38.5 Å². The van der Waals surface area contributed by atoms with Gasteiger partial charge in [-0.1, -0.05) is 0 Å². The van der Waals surface area contributed by atoms with Gasteiger partial charge in [-0.05, 0) is 18.1 Å². The Hall–Kier alpha value is -3.21. The molecule has 0 radical (unpaired) electrons. The third kappa shape index (κ3) is 7.99. The molecule has 2 N–H and O–H groups in total. The first-order valence-electron chi connectivity index (χ1n) is 13.3. The van der Waals surface area contributed by atoms with Gasteiger partial charge in [-0.15, -0.1) is 0 Å². The monoisotopic (exact) mass is 607 g/mol. The summed E-state index contributed by atoms with van der Waals surface area (Å²) in [4.78, 5) is 32.5. The van der Waals surface area contributed by atoms with Gasteiger partial charge in [0.2, 0.25) is 11.7 Å². The Bertz CT molecular complexity index is 1270. The number of amides is 1. The summed E-state index contributed by atoms with van der Waals surface area (Å²) in [5.41, 5.74) is 5.00. The molecule has 42 heavy (non-hydrogen) atoms. The first-order valence-corrected chi connectivity index (χ1v) is 13.3. The van der Waals surface area contributed by atoms with Crippen molar-refractivity contribution in [3.8, 4) is 0 Å². The Labute approximate surface area is 237 Å². The summed E-state index contributed by atoms with van der Waals surface area (Å²) < 4.78 is 98.3. The molecule has 1 saturated heterocycles. The molecule has 3 heterocycles. The lowest BCUT2D eigenvalue weighted by atomic mass is 10.0. The van der Waals surface area contributed by atoms with Crippen LogP contribution in [0.5, 0.6) is 0 Å². The average Bonchev–Trinajstić information content (AvgIpc) is 3.34. The van der Waals surface area contributed by atoms with Gasteiger partial charge in [0.15, 0.2) is 17.3 Å². The second-order valence-corrected chi connectivity index (χ2v) is 9.92. The van der Waals surface area contributed by atoms with Crippen molar-refractivity contribution in [1.82, 2.24) is 19.4 Å². The lowest BCUT2D eigenvalue weighted by Crippen LogP contribution is -2.42. The number of carbonyl (C=O) groups is 2. The van der Waals surface area contributed by atoms with Crippen molar-refractivity contribution in [2.45, 2.75) is 38.1 Å². The van der Waals surface area contributed by atoms with E-state index in [4.69, 9.17) is 19.9 Å². The second-order valence-electron chi connectivity index (χ2n) is 9.92. The Morgan fingerprint density at radius 3 is 2.43 bits per heavy atom. The normalized spacial score (nSPS) is 16.8. The average molecular weight is 608 g/mol. The second kappa shape index (κ2) is 13.8. The SMILES string of the molecule is NC(CC(=O)N1CCn2c(C(F)(F)F)nc(C(=O)OCCOCCN3CCOCC3)c2C1)Cc1cc(F)c(F)cc1F. The number of aromatic nitrogens is 2. The van der Waals surface area contributed by atoms with Crippen LogP contribution < -0.4 is 5.73 Å². The van der Waals surface area contributed by atoms with E-state index in [1.54, 1.807) is 0 Å². The minimum Gasteiger partial charge on any atom is -0.458 e. The van der Waals surface area contributed by atoms with Gasteiger partial charge < -0.3 is 29.4 Å². The topological polar surface area (TPSA) is 112 Å². The van der Waals surface area contributed by atoms with Gasteiger partial charge in [-0.25, -0.2) is 22.9 Å². The minimum atomic E-state index is -4.86. The maximum Gasteiger partial charge on any atom is 0.449 e. The molecule has 1 atom stereocenters. The molecule has 2 aliphatic rings. The Kier molecular flexibility index (Phi) is 10.5. The van der Waals surface area contributed by atoms with E-state index in [2.05, 4.69) is 9.88 Å². The molecule has 1 aromatic heterocycles. The summed E-state index contributed by atoms with van der Waals surface area (Å²) in [5, 5.41) is 0. The zero-order valence-electron chi connectivity index (χ0n) is 22.6. The molecule has 232 valence electrons. The van der Waals surface area contributed by atoms with Crippen LogP contribution in [0.25, 0.3) is 0 Å². The molecular formula is C26H31F6N5O5. The van der Waals surface area contributed by atoms with E-state index in [-0.39, 0.29) is 56.9 Å². The summed E-state index contributed by atoms with van der Waals surface area (Å²) in [6.45, 7) is 2.87. The standard InChI is InChI=1S/C26H31F6N5O5/c27-18-14-20(29)19(28)12-16(18)11-17(33)13-22(38)36-1-2-37-21(15-36)23(34-25(37)26(30,31)32)24(39)42-10-9-41-8-5-35-3-6-40-7-4-35/h12,14,17H,1-11,13,15,33H2. The highest BCUT2D eigenvalue weighted by molar-refractivity contribution is 5.89. The van der Waals surface area contributed by atoms with Crippen LogP contribution in [0.4, 0.5) is 26.3 Å². The van der Waals surface area contributed by atoms with Crippen molar-refractivity contribution in [2.75, 3.05) is 59.2 Å². The largest absolute Gasteiger partial charge is 0.458 e. The Morgan fingerprint density at radius 2 is 1.71 bits per heavy atom. The van der Waals surface area contributed by atoms with Gasteiger partial charge in [-0.2, -0.15) is 13.2 Å². The van der Waals surface area contributed by atoms with Crippen LogP contribution in [0.1, 0.15) is 34.0 Å². The lowest BCUT2D eigenvalue weighted by Gasteiger charge is -2.30. The summed E-state index contributed by atoms with van der Waals surface area (Å²) in [7, 11) is 0. The van der Waals surface area contributed by atoms with Crippen LogP contribution in [-0.4, -0.2) is 96.5 Å². The third-order valence-corrected chi connectivity index (χ3v) is 6.93. The van der Waals surface area contributed by atoms with Crippen molar-refractivity contribution in [3.05, 3.63) is 52.4 Å². The van der Waals surface area contributed by atoms with Crippen molar-refractivity contribution >= 4 is 11.9 Å². The number of hydrogen-bond donors (Lipinski definition) is 1. The zero-order chi connectivity index (χ0) is 30.4. The maximum absolute atomic E-state index is 14.0. The molecule has 0 bridgehead atoms. The van der Waals surface area contributed by atoms with Crippen molar-refractivity contribution in [3.63, 3.8) is 0 Å². The van der Waals surface area contributed by atoms with Gasteiger partial charge >= 0.3 is 12.1 Å². The molecule has 0 aliphatic carbocycles. The number of benzene rings is 1. The number of esters is 1. The van der Waals surface area contributed by atoms with E-state index in [1.165, 1.54) is 4.90 Å². The van der Waals surface area contributed by atoms with E-state index >= 15 is 0 Å². The van der Waals surface area contributed by atoms with Crippen molar-refractivity contribution in [2.24, 2.45) is 5.73 Å². The van der Waals surface area contributed by atoms with Gasteiger partial charge in [0, 0.05) is 51.3 Å². The molecule has 1 unspecified atom stereocenters. The number of halogens is 6. The first-order chi connectivity index (χ1) is 19.9. The summed E-state index contributed by atoms with van der Waals surface area (Å²) in [6.07, 6.45) is -5.51. The molecular weight excluding hydrogens is 576 g/mol. The molecule has 1 fully saturated rings. The predicted molar refractivity (Wildman–Crippen MR) is 134 cm³/mol. The third-order valence-electron chi connectivity index (χ3n) is 6.93. The number of hydrogen-bond acceptors (Lipinski definition) is 8. The van der Waals surface area contributed by atoms with E-state index in [0.717, 1.165) is 17.7 Å². The summed E-state index contributed by atoms with van der Waals surface area (Å²) >= 11 is 0. The molecule has 10 nitrogen and oxygen atoms in total. The van der Waals surface area contributed by atoms with E-state index in [1.807, 2.05) is 0 Å². The van der Waals surface area contributed by atoms with Crippen LogP contribution in [0.3, 0.4) is 0 Å². The fraction of sp³-hybridized carbons (Fsp3) is 0.577. The highest BCUT2D eigenvalue weighted by Crippen LogP contribution is 2.32. The Balaban J connectivity index is 1.35.